The highest BCUT2D eigenvalue weighted by molar-refractivity contribution is 5.99. The highest BCUT2D eigenvalue weighted by atomic mass is 16.3. The van der Waals surface area contributed by atoms with E-state index in [1.54, 1.807) is 4.90 Å². The molecule has 80 valence electrons. The molecule has 3 nitrogen and oxygen atoms in total. The lowest BCUT2D eigenvalue weighted by Crippen LogP contribution is -2.30. The molecule has 0 bridgehead atoms. The summed E-state index contributed by atoms with van der Waals surface area (Å²) in [5, 5.41) is 9.77. The van der Waals surface area contributed by atoms with E-state index in [4.69, 9.17) is 0 Å². The third kappa shape index (κ3) is 1.63. The highest BCUT2D eigenvalue weighted by Crippen LogP contribution is 2.33. The Morgan fingerprint density at radius 2 is 1.93 bits per heavy atom. The summed E-state index contributed by atoms with van der Waals surface area (Å²) in [6.45, 7) is 4.37. The van der Waals surface area contributed by atoms with E-state index in [9.17, 15) is 9.90 Å². The summed E-state index contributed by atoms with van der Waals surface area (Å²) in [7, 11) is 0. The van der Waals surface area contributed by atoms with Crippen LogP contribution in [-0.2, 0) is 4.79 Å². The second-order valence-corrected chi connectivity index (χ2v) is 4.65. The van der Waals surface area contributed by atoms with Gasteiger partial charge in [-0.3, -0.25) is 4.79 Å². The number of carbonyl (C=O) groups is 1. The Bertz CT molecular complexity index is 372. The minimum absolute atomic E-state index is 0.203. The molecule has 1 amide bonds. The van der Waals surface area contributed by atoms with E-state index in [2.05, 4.69) is 0 Å². The summed E-state index contributed by atoms with van der Waals surface area (Å²) in [5.74, 6) is -0.203. The van der Waals surface area contributed by atoms with Crippen molar-refractivity contribution in [2.45, 2.75) is 20.0 Å². The van der Waals surface area contributed by atoms with Crippen molar-refractivity contribution >= 4 is 11.6 Å². The molecule has 1 saturated heterocycles. The number of aliphatic hydroxyl groups is 1. The Kier molecular flexibility index (Phi) is 2.27. The molecule has 1 atom stereocenters. The van der Waals surface area contributed by atoms with Gasteiger partial charge >= 0.3 is 0 Å². The fraction of sp³-hybridized carbons (Fsp3) is 0.417. The van der Waals surface area contributed by atoms with Gasteiger partial charge in [0.05, 0.1) is 0 Å². The maximum absolute atomic E-state index is 11.8. The van der Waals surface area contributed by atoms with E-state index in [0.29, 0.717) is 6.54 Å². The average molecular weight is 205 g/mol. The molecular weight excluding hydrogens is 190 g/mol. The topological polar surface area (TPSA) is 40.5 Å². The summed E-state index contributed by atoms with van der Waals surface area (Å²) in [6.07, 6.45) is -0.891. The molecule has 1 aliphatic heterocycles. The molecule has 15 heavy (non-hydrogen) atoms. The first-order valence-corrected chi connectivity index (χ1v) is 5.07. The Morgan fingerprint density at radius 3 is 2.40 bits per heavy atom. The van der Waals surface area contributed by atoms with Gasteiger partial charge in [-0.1, -0.05) is 32.0 Å². The van der Waals surface area contributed by atoms with Crippen LogP contribution in [0.1, 0.15) is 13.8 Å². The largest absolute Gasteiger partial charge is 0.383 e. The maximum Gasteiger partial charge on any atom is 0.256 e. The zero-order valence-corrected chi connectivity index (χ0v) is 8.97. The first-order valence-electron chi connectivity index (χ1n) is 5.07. The molecule has 3 heteroatoms. The summed E-state index contributed by atoms with van der Waals surface area (Å²) >= 11 is 0. The SMILES string of the molecule is CC1(C)CN(c2ccccc2)C(=O)C1O. The van der Waals surface area contributed by atoms with Crippen LogP contribution < -0.4 is 4.90 Å². The Hall–Kier alpha value is -1.35. The van der Waals surface area contributed by atoms with Crippen LogP contribution in [0.5, 0.6) is 0 Å². The molecule has 1 aliphatic rings. The van der Waals surface area contributed by atoms with Gasteiger partial charge in [0, 0.05) is 17.6 Å². The van der Waals surface area contributed by atoms with E-state index in [1.165, 1.54) is 0 Å². The zero-order chi connectivity index (χ0) is 11.1. The molecule has 0 spiro atoms. The number of benzene rings is 1. The normalized spacial score (nSPS) is 24.6. The predicted molar refractivity (Wildman–Crippen MR) is 58.6 cm³/mol. The van der Waals surface area contributed by atoms with Gasteiger partial charge in [0.1, 0.15) is 6.10 Å². The smallest absolute Gasteiger partial charge is 0.256 e. The van der Waals surface area contributed by atoms with Gasteiger partial charge in [-0.05, 0) is 12.1 Å². The molecule has 0 aromatic heterocycles. The van der Waals surface area contributed by atoms with Crippen LogP contribution in [0.3, 0.4) is 0 Å². The van der Waals surface area contributed by atoms with Gasteiger partial charge in [0.25, 0.3) is 5.91 Å². The van der Waals surface area contributed by atoms with Crippen molar-refractivity contribution in [2.24, 2.45) is 5.41 Å². The van der Waals surface area contributed by atoms with Crippen LogP contribution in [-0.4, -0.2) is 23.7 Å². The lowest BCUT2D eigenvalue weighted by Gasteiger charge is -2.19. The number of hydrogen-bond acceptors (Lipinski definition) is 2. The number of nitrogens with zero attached hydrogens (tertiary/aromatic N) is 1. The quantitative estimate of drug-likeness (QED) is 0.753. The molecule has 0 aliphatic carbocycles. The predicted octanol–water partition coefficient (Wildman–Crippen LogP) is 1.42. The van der Waals surface area contributed by atoms with Gasteiger partial charge < -0.3 is 10.0 Å². The third-order valence-corrected chi connectivity index (χ3v) is 2.87. The fourth-order valence-corrected chi connectivity index (χ4v) is 1.88. The van der Waals surface area contributed by atoms with Crippen molar-refractivity contribution in [3.8, 4) is 0 Å². The Labute approximate surface area is 89.3 Å². The van der Waals surface area contributed by atoms with Gasteiger partial charge in [-0.2, -0.15) is 0 Å². The minimum Gasteiger partial charge on any atom is -0.383 e. The van der Waals surface area contributed by atoms with Crippen molar-refractivity contribution in [3.05, 3.63) is 30.3 Å². The number of rotatable bonds is 1. The lowest BCUT2D eigenvalue weighted by molar-refractivity contribution is -0.126. The number of anilines is 1. The van der Waals surface area contributed by atoms with Crippen LogP contribution in [0.25, 0.3) is 0 Å². The second-order valence-electron chi connectivity index (χ2n) is 4.65. The third-order valence-electron chi connectivity index (χ3n) is 2.87. The highest BCUT2D eigenvalue weighted by Gasteiger charge is 2.45. The van der Waals surface area contributed by atoms with Crippen molar-refractivity contribution in [1.82, 2.24) is 0 Å². The van der Waals surface area contributed by atoms with E-state index >= 15 is 0 Å². The monoisotopic (exact) mass is 205 g/mol. The molecule has 0 radical (unpaired) electrons. The first kappa shape index (κ1) is 10.2. The zero-order valence-electron chi connectivity index (χ0n) is 8.97. The van der Waals surface area contributed by atoms with Gasteiger partial charge in [-0.15, -0.1) is 0 Å². The first-order chi connectivity index (χ1) is 7.02. The average Bonchev–Trinajstić information content (AvgIpc) is 2.44. The van der Waals surface area contributed by atoms with Crippen LogP contribution >= 0.6 is 0 Å². The summed E-state index contributed by atoms with van der Waals surface area (Å²) in [4.78, 5) is 13.4. The van der Waals surface area contributed by atoms with Crippen LogP contribution in [0.4, 0.5) is 5.69 Å². The van der Waals surface area contributed by atoms with E-state index < -0.39 is 6.10 Å². The van der Waals surface area contributed by atoms with Gasteiger partial charge in [0.2, 0.25) is 0 Å². The second kappa shape index (κ2) is 3.35. The van der Waals surface area contributed by atoms with E-state index in [-0.39, 0.29) is 11.3 Å². The summed E-state index contributed by atoms with van der Waals surface area (Å²) < 4.78 is 0. The molecule has 1 fully saturated rings. The Balaban J connectivity index is 2.31. The van der Waals surface area contributed by atoms with Crippen molar-refractivity contribution in [1.29, 1.82) is 0 Å². The molecule has 1 N–H and O–H groups in total. The van der Waals surface area contributed by atoms with Crippen molar-refractivity contribution in [3.63, 3.8) is 0 Å². The summed E-state index contributed by atoms with van der Waals surface area (Å²) in [5.41, 5.74) is 0.486. The minimum atomic E-state index is -0.891. The van der Waals surface area contributed by atoms with Gasteiger partial charge in [-0.25, -0.2) is 0 Å². The molecule has 1 heterocycles. The van der Waals surface area contributed by atoms with Gasteiger partial charge in [0.15, 0.2) is 0 Å². The number of amides is 1. The van der Waals surface area contributed by atoms with Crippen LogP contribution in [0, 0.1) is 5.41 Å². The number of hydrogen-bond donors (Lipinski definition) is 1. The molecule has 1 aromatic rings. The van der Waals surface area contributed by atoms with E-state index in [1.807, 2.05) is 44.2 Å². The number of para-hydroxylation sites is 1. The molecule has 2 rings (SSSR count). The lowest BCUT2D eigenvalue weighted by atomic mass is 9.90. The molecule has 0 saturated carbocycles. The molecule has 1 unspecified atom stereocenters. The maximum atomic E-state index is 11.8. The molecule has 1 aromatic carbocycles. The van der Waals surface area contributed by atoms with Crippen molar-refractivity contribution in [2.75, 3.05) is 11.4 Å². The molecular formula is C12H15NO2. The summed E-state index contributed by atoms with van der Waals surface area (Å²) in [6, 6.07) is 9.45. The fourth-order valence-electron chi connectivity index (χ4n) is 1.88. The van der Waals surface area contributed by atoms with E-state index in [0.717, 1.165) is 5.69 Å². The van der Waals surface area contributed by atoms with Crippen molar-refractivity contribution < 1.29 is 9.90 Å². The number of carbonyl (C=O) groups excluding carboxylic acids is 1. The Morgan fingerprint density at radius 1 is 1.33 bits per heavy atom. The standard InChI is InChI=1S/C12H15NO2/c1-12(2)8-13(11(15)10(12)14)9-6-4-3-5-7-9/h3-7,10,14H,8H2,1-2H3. The van der Waals surface area contributed by atoms with Crippen LogP contribution in [0.15, 0.2) is 30.3 Å². The number of aliphatic hydroxyl groups excluding tert-OH is 1. The van der Waals surface area contributed by atoms with Crippen LogP contribution in [0.2, 0.25) is 0 Å².